The minimum absolute atomic E-state index is 0.0214. The van der Waals surface area contributed by atoms with Crippen LogP contribution in [0.4, 0.5) is 0 Å². The molecule has 7 atom stereocenters. The molecule has 206 valence electrons. The van der Waals surface area contributed by atoms with E-state index in [0.717, 1.165) is 38.5 Å². The molecule has 3 aliphatic rings. The van der Waals surface area contributed by atoms with Crippen LogP contribution in [0.5, 0.6) is 0 Å². The molecule has 0 radical (unpaired) electrons. The quantitative estimate of drug-likeness (QED) is 0.246. The molecule has 3 aliphatic carbocycles. The van der Waals surface area contributed by atoms with Crippen LogP contribution >= 0.6 is 0 Å². The van der Waals surface area contributed by atoms with Crippen molar-refractivity contribution in [2.75, 3.05) is 6.54 Å². The molecule has 0 aromatic carbocycles. The molecule has 0 aliphatic heterocycles. The van der Waals surface area contributed by atoms with Crippen molar-refractivity contribution < 1.29 is 24.5 Å². The molecule has 0 spiro atoms. The van der Waals surface area contributed by atoms with Crippen LogP contribution in [0.1, 0.15) is 99.3 Å². The number of ether oxygens (including phenoxy) is 1. The Balaban J connectivity index is 0.00000222. The number of amides is 1. The second-order valence-electron chi connectivity index (χ2n) is 11.3. The van der Waals surface area contributed by atoms with E-state index in [1.54, 1.807) is 0 Å². The fourth-order valence-corrected chi connectivity index (χ4v) is 5.48. The van der Waals surface area contributed by atoms with Gasteiger partial charge in [0.1, 0.15) is 6.10 Å². The Labute approximate surface area is 219 Å². The van der Waals surface area contributed by atoms with Gasteiger partial charge in [-0.2, -0.15) is 0 Å². The van der Waals surface area contributed by atoms with Crippen LogP contribution in [-0.4, -0.2) is 46.9 Å². The lowest BCUT2D eigenvalue weighted by atomic mass is 9.65. The van der Waals surface area contributed by atoms with Gasteiger partial charge in [-0.1, -0.05) is 59.3 Å². The van der Waals surface area contributed by atoms with Crippen molar-refractivity contribution in [2.24, 2.45) is 29.1 Å². The fraction of sp³-hybridized carbons (Fsp3) is 0.800. The number of aliphatic hydroxyl groups excluding tert-OH is 2. The fourth-order valence-electron chi connectivity index (χ4n) is 5.48. The van der Waals surface area contributed by atoms with Crippen LogP contribution < -0.4 is 5.32 Å². The maximum absolute atomic E-state index is 12.8. The van der Waals surface area contributed by atoms with Gasteiger partial charge in [0, 0.05) is 12.5 Å². The van der Waals surface area contributed by atoms with Crippen molar-refractivity contribution >= 4 is 11.9 Å². The maximum Gasteiger partial charge on any atom is 0.312 e. The lowest BCUT2D eigenvalue weighted by Crippen LogP contribution is -2.42. The second kappa shape index (κ2) is 14.3. The van der Waals surface area contributed by atoms with Crippen LogP contribution in [-0.2, 0) is 14.3 Å². The first-order chi connectivity index (χ1) is 17.1. The number of allylic oxidation sites excluding steroid dienone is 3. The monoisotopic (exact) mass is 505 g/mol. The second-order valence-corrected chi connectivity index (χ2v) is 11.3. The van der Waals surface area contributed by atoms with Crippen molar-refractivity contribution in [1.29, 1.82) is 0 Å². The van der Waals surface area contributed by atoms with Crippen molar-refractivity contribution in [3.05, 3.63) is 23.8 Å². The number of hydrogen-bond donors (Lipinski definition) is 3. The minimum Gasteiger partial charge on any atom is -0.461 e. The third-order valence-corrected chi connectivity index (χ3v) is 8.00. The largest absolute Gasteiger partial charge is 0.461 e. The molecule has 6 heteroatoms. The summed E-state index contributed by atoms with van der Waals surface area (Å²) < 4.78 is 6.13. The Morgan fingerprint density at radius 3 is 2.53 bits per heavy atom. The topological polar surface area (TPSA) is 95.9 Å². The normalized spacial score (nSPS) is 29.6. The first kappa shape index (κ1) is 30.6. The number of carbonyl (C=O) groups is 2. The molecular formula is C30H51NO5. The molecule has 6 nitrogen and oxygen atoms in total. The van der Waals surface area contributed by atoms with Crippen LogP contribution in [0.25, 0.3) is 0 Å². The van der Waals surface area contributed by atoms with E-state index in [1.807, 2.05) is 20.8 Å². The molecule has 7 unspecified atom stereocenters. The number of esters is 1. The molecule has 3 N–H and O–H groups in total. The van der Waals surface area contributed by atoms with E-state index in [-0.39, 0.29) is 48.1 Å². The van der Waals surface area contributed by atoms with E-state index in [1.165, 1.54) is 5.57 Å². The van der Waals surface area contributed by atoms with E-state index in [9.17, 15) is 19.8 Å². The van der Waals surface area contributed by atoms with Crippen molar-refractivity contribution in [3.8, 4) is 0 Å². The SMILES string of the molecule is CC.CCCCNC(=O)CC(O)CC(O)CCC1C(C)C=CC2=CC(C)CC(OC(=O)C3(C)CC3)C21. The molecular weight excluding hydrogens is 454 g/mol. The van der Waals surface area contributed by atoms with Crippen LogP contribution in [0.2, 0.25) is 0 Å². The molecule has 0 heterocycles. The molecule has 36 heavy (non-hydrogen) atoms. The molecule has 0 saturated heterocycles. The molecule has 1 saturated carbocycles. The molecule has 0 aromatic heterocycles. The zero-order valence-corrected chi connectivity index (χ0v) is 23.5. The van der Waals surface area contributed by atoms with Gasteiger partial charge in [-0.15, -0.1) is 0 Å². The minimum atomic E-state index is -0.848. The van der Waals surface area contributed by atoms with Gasteiger partial charge in [0.2, 0.25) is 5.91 Å². The van der Waals surface area contributed by atoms with E-state index in [2.05, 4.69) is 44.3 Å². The average molecular weight is 506 g/mol. The zero-order chi connectivity index (χ0) is 26.9. The number of unbranched alkanes of at least 4 members (excludes halogenated alkanes) is 1. The summed E-state index contributed by atoms with van der Waals surface area (Å²) in [5.41, 5.74) is 0.949. The Kier molecular flexibility index (Phi) is 12.2. The van der Waals surface area contributed by atoms with Crippen molar-refractivity contribution in [2.45, 2.75) is 118 Å². The summed E-state index contributed by atoms with van der Waals surface area (Å²) in [5.74, 6) is 0.849. The zero-order valence-electron chi connectivity index (χ0n) is 23.5. The van der Waals surface area contributed by atoms with Gasteiger partial charge in [0.05, 0.1) is 24.0 Å². The average Bonchev–Trinajstić information content (AvgIpc) is 3.58. The molecule has 1 amide bonds. The number of carbonyl (C=O) groups excluding carboxylic acids is 2. The summed E-state index contributed by atoms with van der Waals surface area (Å²) in [6.45, 7) is 13.0. The van der Waals surface area contributed by atoms with Gasteiger partial charge < -0.3 is 20.3 Å². The van der Waals surface area contributed by atoms with E-state index < -0.39 is 12.2 Å². The van der Waals surface area contributed by atoms with E-state index >= 15 is 0 Å². The van der Waals surface area contributed by atoms with Crippen LogP contribution in [0.3, 0.4) is 0 Å². The van der Waals surface area contributed by atoms with Crippen molar-refractivity contribution in [1.82, 2.24) is 5.32 Å². The predicted molar refractivity (Wildman–Crippen MR) is 144 cm³/mol. The lowest BCUT2D eigenvalue weighted by Gasteiger charge is -2.43. The van der Waals surface area contributed by atoms with Gasteiger partial charge in [-0.3, -0.25) is 9.59 Å². The number of nitrogens with one attached hydrogen (secondary N) is 1. The standard InChI is InChI=1S/C28H45NO5.C2H6/c1-5-6-13-29-25(32)17-22(31)16-21(30)9-10-23-19(3)7-8-20-14-18(2)15-24(26(20)23)34-27(33)28(4)11-12-28;1-2/h7-8,14,18-19,21-24,26,30-31H,5-6,9-13,15-17H2,1-4H3,(H,29,32);1-2H3. The Morgan fingerprint density at radius 2 is 1.89 bits per heavy atom. The maximum atomic E-state index is 12.8. The summed E-state index contributed by atoms with van der Waals surface area (Å²) >= 11 is 0. The van der Waals surface area contributed by atoms with Crippen LogP contribution in [0, 0.1) is 29.1 Å². The van der Waals surface area contributed by atoms with Gasteiger partial charge in [0.25, 0.3) is 0 Å². The summed E-state index contributed by atoms with van der Waals surface area (Å²) in [7, 11) is 0. The highest BCUT2D eigenvalue weighted by atomic mass is 16.5. The van der Waals surface area contributed by atoms with Crippen molar-refractivity contribution in [3.63, 3.8) is 0 Å². The predicted octanol–water partition coefficient (Wildman–Crippen LogP) is 5.33. The lowest BCUT2D eigenvalue weighted by molar-refractivity contribution is -0.160. The van der Waals surface area contributed by atoms with E-state index in [0.29, 0.717) is 24.8 Å². The number of aliphatic hydroxyl groups is 2. The third-order valence-electron chi connectivity index (χ3n) is 8.00. The molecule has 0 aromatic rings. The Bertz CT molecular complexity index is 771. The smallest absolute Gasteiger partial charge is 0.312 e. The molecule has 0 bridgehead atoms. The van der Waals surface area contributed by atoms with Gasteiger partial charge in [0.15, 0.2) is 0 Å². The highest BCUT2D eigenvalue weighted by molar-refractivity contribution is 5.79. The first-order valence-corrected chi connectivity index (χ1v) is 14.4. The third kappa shape index (κ3) is 8.72. The summed E-state index contributed by atoms with van der Waals surface area (Å²) in [6, 6.07) is 0. The molecule has 3 rings (SSSR count). The highest BCUT2D eigenvalue weighted by Gasteiger charge is 2.49. The van der Waals surface area contributed by atoms with Gasteiger partial charge in [-0.25, -0.2) is 0 Å². The summed E-state index contributed by atoms with van der Waals surface area (Å²) in [6.07, 6.45) is 11.2. The molecule has 1 fully saturated rings. The van der Waals surface area contributed by atoms with E-state index in [4.69, 9.17) is 4.74 Å². The highest BCUT2D eigenvalue weighted by Crippen LogP contribution is 2.49. The van der Waals surface area contributed by atoms with Crippen LogP contribution in [0.15, 0.2) is 23.8 Å². The van der Waals surface area contributed by atoms with Gasteiger partial charge >= 0.3 is 5.97 Å². The number of rotatable bonds is 12. The Morgan fingerprint density at radius 1 is 1.19 bits per heavy atom. The first-order valence-electron chi connectivity index (χ1n) is 14.4. The van der Waals surface area contributed by atoms with Gasteiger partial charge in [-0.05, 0) is 75.2 Å². The number of fused-ring (bicyclic) bond motifs is 1. The summed E-state index contributed by atoms with van der Waals surface area (Å²) in [5, 5.41) is 23.7. The summed E-state index contributed by atoms with van der Waals surface area (Å²) in [4.78, 5) is 24.7. The number of hydrogen-bond acceptors (Lipinski definition) is 5. The Hall–Kier alpha value is -1.66.